The molecule has 1 aromatic carbocycles. The van der Waals surface area contributed by atoms with Crippen LogP contribution in [0.3, 0.4) is 0 Å². The van der Waals surface area contributed by atoms with E-state index in [0.29, 0.717) is 37.2 Å². The highest BCUT2D eigenvalue weighted by molar-refractivity contribution is 5.91. The molecular weight excluding hydrogens is 286 g/mol. The number of likely N-dealkylation sites (tertiary alicyclic amines) is 1. The molecule has 1 aliphatic rings. The van der Waals surface area contributed by atoms with Gasteiger partial charge in [-0.2, -0.15) is 0 Å². The Balaban J connectivity index is 1.79. The number of piperidine rings is 1. The summed E-state index contributed by atoms with van der Waals surface area (Å²) in [6, 6.07) is 6.26. The van der Waals surface area contributed by atoms with Crippen LogP contribution in [-0.4, -0.2) is 42.4 Å². The van der Waals surface area contributed by atoms with Gasteiger partial charge in [-0.25, -0.2) is 4.79 Å². The average Bonchev–Trinajstić information content (AvgIpc) is 2.53. The number of nitrogens with two attached hydrogens (primary N) is 2. The minimum Gasteiger partial charge on any atom is -0.452 e. The molecule has 0 unspecified atom stereocenters. The van der Waals surface area contributed by atoms with Gasteiger partial charge in [-0.15, -0.1) is 0 Å². The summed E-state index contributed by atoms with van der Waals surface area (Å²) < 4.78 is 4.99. The summed E-state index contributed by atoms with van der Waals surface area (Å²) in [7, 11) is 0. The SMILES string of the molecule is NC(=O)C1CCN(C(=O)COC(=O)c2ccc(N)cc2)CC1. The number of carbonyl (C=O) groups is 3. The van der Waals surface area contributed by atoms with Crippen LogP contribution in [0.1, 0.15) is 23.2 Å². The third kappa shape index (κ3) is 3.97. The Kier molecular flexibility index (Phi) is 4.98. The van der Waals surface area contributed by atoms with Gasteiger partial charge in [-0.3, -0.25) is 9.59 Å². The van der Waals surface area contributed by atoms with E-state index in [1.54, 1.807) is 29.2 Å². The smallest absolute Gasteiger partial charge is 0.338 e. The molecule has 0 bridgehead atoms. The molecular formula is C15H19N3O4. The maximum Gasteiger partial charge on any atom is 0.338 e. The zero-order valence-electron chi connectivity index (χ0n) is 12.2. The van der Waals surface area contributed by atoms with Crippen molar-refractivity contribution in [2.24, 2.45) is 11.7 Å². The number of ether oxygens (including phenoxy) is 1. The summed E-state index contributed by atoms with van der Waals surface area (Å²) in [6.45, 7) is 0.585. The van der Waals surface area contributed by atoms with E-state index in [-0.39, 0.29) is 24.3 Å². The van der Waals surface area contributed by atoms with Gasteiger partial charge in [0.25, 0.3) is 5.91 Å². The van der Waals surface area contributed by atoms with Crippen LogP contribution in [-0.2, 0) is 14.3 Å². The zero-order chi connectivity index (χ0) is 16.1. The Morgan fingerprint density at radius 3 is 2.27 bits per heavy atom. The van der Waals surface area contributed by atoms with E-state index in [9.17, 15) is 14.4 Å². The van der Waals surface area contributed by atoms with Gasteiger partial charge in [0.15, 0.2) is 6.61 Å². The number of hydrogen-bond donors (Lipinski definition) is 2. The van der Waals surface area contributed by atoms with Crippen LogP contribution < -0.4 is 11.5 Å². The number of nitrogens with zero attached hydrogens (tertiary/aromatic N) is 1. The summed E-state index contributed by atoms with van der Waals surface area (Å²) in [4.78, 5) is 36.4. The molecule has 22 heavy (non-hydrogen) atoms. The van der Waals surface area contributed by atoms with Crippen molar-refractivity contribution in [1.29, 1.82) is 0 Å². The zero-order valence-corrected chi connectivity index (χ0v) is 12.2. The minimum absolute atomic E-state index is 0.179. The molecule has 0 radical (unpaired) electrons. The summed E-state index contributed by atoms with van der Waals surface area (Å²) in [5, 5.41) is 0. The van der Waals surface area contributed by atoms with Crippen LogP contribution in [0.2, 0.25) is 0 Å². The van der Waals surface area contributed by atoms with E-state index in [0.717, 1.165) is 0 Å². The lowest BCUT2D eigenvalue weighted by Crippen LogP contribution is -2.43. The summed E-state index contributed by atoms with van der Waals surface area (Å²) in [5.74, 6) is -1.35. The predicted molar refractivity (Wildman–Crippen MR) is 79.6 cm³/mol. The second-order valence-corrected chi connectivity index (χ2v) is 5.26. The second-order valence-electron chi connectivity index (χ2n) is 5.26. The number of esters is 1. The van der Waals surface area contributed by atoms with Crippen LogP contribution in [0, 0.1) is 5.92 Å². The van der Waals surface area contributed by atoms with E-state index in [1.165, 1.54) is 0 Å². The lowest BCUT2D eigenvalue weighted by Gasteiger charge is -2.30. The van der Waals surface area contributed by atoms with Gasteiger partial charge in [-0.05, 0) is 37.1 Å². The van der Waals surface area contributed by atoms with Crippen LogP contribution in [0.5, 0.6) is 0 Å². The van der Waals surface area contributed by atoms with Gasteiger partial charge in [0.1, 0.15) is 0 Å². The van der Waals surface area contributed by atoms with E-state index in [1.807, 2.05) is 0 Å². The Labute approximate surface area is 128 Å². The number of carbonyl (C=O) groups excluding carboxylic acids is 3. The van der Waals surface area contributed by atoms with Gasteiger partial charge in [0.2, 0.25) is 5.91 Å². The standard InChI is InChI=1S/C15H19N3O4/c16-12-3-1-11(2-4-12)15(21)22-9-13(19)18-7-5-10(6-8-18)14(17)20/h1-4,10H,5-9,16H2,(H2,17,20). The van der Waals surface area contributed by atoms with Crippen LogP contribution in [0.25, 0.3) is 0 Å². The highest BCUT2D eigenvalue weighted by Gasteiger charge is 2.26. The third-order valence-electron chi connectivity index (χ3n) is 3.72. The molecule has 1 heterocycles. The van der Waals surface area contributed by atoms with Gasteiger partial charge in [-0.1, -0.05) is 0 Å². The van der Waals surface area contributed by atoms with Gasteiger partial charge >= 0.3 is 5.97 Å². The van der Waals surface area contributed by atoms with Crippen molar-refractivity contribution < 1.29 is 19.1 Å². The molecule has 0 saturated carbocycles. The third-order valence-corrected chi connectivity index (χ3v) is 3.72. The minimum atomic E-state index is -0.569. The van der Waals surface area contributed by atoms with Crippen LogP contribution >= 0.6 is 0 Å². The summed E-state index contributed by atoms with van der Waals surface area (Å²) in [6.07, 6.45) is 1.10. The maximum absolute atomic E-state index is 12.0. The molecule has 1 aliphatic heterocycles. The van der Waals surface area contributed by atoms with E-state index in [2.05, 4.69) is 0 Å². The van der Waals surface area contributed by atoms with Crippen molar-refractivity contribution >= 4 is 23.5 Å². The van der Waals surface area contributed by atoms with Crippen LogP contribution in [0.4, 0.5) is 5.69 Å². The molecule has 4 N–H and O–H groups in total. The number of rotatable bonds is 4. The number of anilines is 1. The van der Waals surface area contributed by atoms with Crippen molar-refractivity contribution in [3.63, 3.8) is 0 Å². The first-order valence-corrected chi connectivity index (χ1v) is 7.07. The lowest BCUT2D eigenvalue weighted by atomic mass is 9.96. The van der Waals surface area contributed by atoms with Gasteiger partial charge < -0.3 is 21.1 Å². The molecule has 1 fully saturated rings. The second kappa shape index (κ2) is 6.93. The fraction of sp³-hybridized carbons (Fsp3) is 0.400. The molecule has 1 saturated heterocycles. The molecule has 0 aromatic heterocycles. The molecule has 7 heteroatoms. The number of nitrogen functional groups attached to an aromatic ring is 1. The normalized spacial score (nSPS) is 15.4. The van der Waals surface area contributed by atoms with Crippen molar-refractivity contribution in [2.45, 2.75) is 12.8 Å². The molecule has 0 atom stereocenters. The van der Waals surface area contributed by atoms with E-state index < -0.39 is 5.97 Å². The van der Waals surface area contributed by atoms with Crippen LogP contribution in [0.15, 0.2) is 24.3 Å². The van der Waals surface area contributed by atoms with Gasteiger partial charge in [0, 0.05) is 24.7 Å². The quantitative estimate of drug-likeness (QED) is 0.607. The first-order valence-electron chi connectivity index (χ1n) is 7.07. The number of benzene rings is 1. The van der Waals surface area contributed by atoms with Crippen molar-refractivity contribution in [3.05, 3.63) is 29.8 Å². The molecule has 118 valence electrons. The molecule has 0 aliphatic carbocycles. The average molecular weight is 305 g/mol. The largest absolute Gasteiger partial charge is 0.452 e. The number of amides is 2. The fourth-order valence-corrected chi connectivity index (χ4v) is 2.33. The number of primary amides is 1. The van der Waals surface area contributed by atoms with E-state index in [4.69, 9.17) is 16.2 Å². The lowest BCUT2D eigenvalue weighted by molar-refractivity contribution is -0.137. The maximum atomic E-state index is 12.0. The van der Waals surface area contributed by atoms with Crippen molar-refractivity contribution in [2.75, 3.05) is 25.4 Å². The summed E-state index contributed by atoms with van der Waals surface area (Å²) >= 11 is 0. The molecule has 0 spiro atoms. The van der Waals surface area contributed by atoms with Crippen molar-refractivity contribution in [3.8, 4) is 0 Å². The molecule has 1 aromatic rings. The monoisotopic (exact) mass is 305 g/mol. The molecule has 7 nitrogen and oxygen atoms in total. The van der Waals surface area contributed by atoms with Crippen molar-refractivity contribution in [1.82, 2.24) is 4.90 Å². The Hall–Kier alpha value is -2.57. The fourth-order valence-electron chi connectivity index (χ4n) is 2.33. The predicted octanol–water partition coefficient (Wildman–Crippen LogP) is 0.150. The molecule has 2 amide bonds. The number of hydrogen-bond acceptors (Lipinski definition) is 5. The topological polar surface area (TPSA) is 116 Å². The van der Waals surface area contributed by atoms with E-state index >= 15 is 0 Å². The Morgan fingerprint density at radius 2 is 1.73 bits per heavy atom. The first-order chi connectivity index (χ1) is 10.5. The Bertz CT molecular complexity index is 563. The van der Waals surface area contributed by atoms with Gasteiger partial charge in [0.05, 0.1) is 5.56 Å². The highest BCUT2D eigenvalue weighted by atomic mass is 16.5. The Morgan fingerprint density at radius 1 is 1.14 bits per heavy atom. The highest BCUT2D eigenvalue weighted by Crippen LogP contribution is 2.16. The first kappa shape index (κ1) is 15.8. The summed E-state index contributed by atoms with van der Waals surface area (Å²) in [5.41, 5.74) is 11.7. The molecule has 2 rings (SSSR count).